The quantitative estimate of drug-likeness (QED) is 0.189. The van der Waals surface area contributed by atoms with Gasteiger partial charge in [0.15, 0.2) is 5.78 Å². The fraction of sp³-hybridized carbons (Fsp3) is 0.771. The maximum atomic E-state index is 14.3. The molecule has 2 N–H and O–H groups in total. The van der Waals surface area contributed by atoms with E-state index in [9.17, 15) is 24.6 Å². The van der Waals surface area contributed by atoms with E-state index in [1.54, 1.807) is 19.9 Å². The number of carboxylic acid groups (broad SMARTS) is 1. The first-order valence-corrected chi connectivity index (χ1v) is 22.8. The van der Waals surface area contributed by atoms with Gasteiger partial charge in [-0.25, -0.2) is 0 Å². The van der Waals surface area contributed by atoms with Crippen molar-refractivity contribution in [1.82, 2.24) is 9.80 Å². The minimum Gasteiger partial charge on any atom is -0.481 e. The Hall–Kier alpha value is -1.97. The predicted octanol–water partition coefficient (Wildman–Crippen LogP) is 10.1. The van der Waals surface area contributed by atoms with E-state index >= 15 is 0 Å². The van der Waals surface area contributed by atoms with Gasteiger partial charge in [0, 0.05) is 53.5 Å². The van der Waals surface area contributed by atoms with Crippen LogP contribution in [0.2, 0.25) is 10.0 Å². The van der Waals surface area contributed by atoms with E-state index in [2.05, 4.69) is 72.4 Å². The summed E-state index contributed by atoms with van der Waals surface area (Å²) in [7, 11) is 4.13. The standard InChI is InChI=1S/C48H72Cl2N2O6/c1-29(2)40-34(53)25-48(37(54)28-52(23-22-51(10)11)27-30-12-13-31(49)24-33(30)50)21-20-46(8)32(41(40)48)14-15-36-45(7)18-17-38(58-39(55)26-43(3,4)42(56)57)44(5,6)35(45)16-19-47(36,46)9/h12-13,24,29,32,35-38,54H,14-23,25-28H2,1-11H3,(H,56,57)/t32-,35+,36-,37+,38+,45+,46-,47-,48+/m1/s1. The van der Waals surface area contributed by atoms with Gasteiger partial charge in [-0.1, -0.05) is 83.3 Å². The maximum Gasteiger partial charge on any atom is 0.309 e. The molecule has 9 atom stereocenters. The van der Waals surface area contributed by atoms with Crippen molar-refractivity contribution in [2.45, 2.75) is 145 Å². The molecule has 0 aromatic heterocycles. The zero-order valence-corrected chi connectivity index (χ0v) is 38.8. The molecular formula is C48H72Cl2N2O6. The number of allylic oxidation sites excluding steroid dienone is 1. The van der Waals surface area contributed by atoms with Crippen molar-refractivity contribution in [3.63, 3.8) is 0 Å². The predicted molar refractivity (Wildman–Crippen MR) is 232 cm³/mol. The number of ether oxygens (including phenoxy) is 1. The van der Waals surface area contributed by atoms with Gasteiger partial charge in [0.25, 0.3) is 0 Å². The number of hydrogen-bond donors (Lipinski definition) is 2. The SMILES string of the molecule is CC(C)C1=C2[C@H]3CC[C@@H]4[C@@]5(C)CC[C@H](OC(=O)CC(C)(C)C(=O)O)C(C)(C)[C@@H]5CC[C@@]4(C)[C@]3(C)CC[C@@]2([C@@H](O)CN(CCN(C)C)Cc2ccc(Cl)cc2Cl)CC1=O. The van der Waals surface area contributed by atoms with Crippen LogP contribution in [0.1, 0.15) is 132 Å². The number of rotatable bonds is 13. The van der Waals surface area contributed by atoms with Crippen LogP contribution in [-0.4, -0.2) is 83.7 Å². The van der Waals surface area contributed by atoms with Crippen molar-refractivity contribution in [3.05, 3.63) is 45.0 Å². The summed E-state index contributed by atoms with van der Waals surface area (Å²) >= 11 is 13.0. The molecule has 0 saturated heterocycles. The molecule has 0 unspecified atom stereocenters. The molecule has 0 bridgehead atoms. The summed E-state index contributed by atoms with van der Waals surface area (Å²) in [5.41, 5.74) is 1.20. The lowest BCUT2D eigenvalue weighted by atomic mass is 9.33. The molecule has 1 aromatic carbocycles. The Balaban J connectivity index is 1.29. The van der Waals surface area contributed by atoms with E-state index in [0.717, 1.165) is 75.6 Å². The molecule has 5 aliphatic rings. The van der Waals surface area contributed by atoms with Crippen molar-refractivity contribution in [1.29, 1.82) is 0 Å². The monoisotopic (exact) mass is 842 g/mol. The fourth-order valence-corrected chi connectivity index (χ4v) is 14.3. The van der Waals surface area contributed by atoms with Crippen LogP contribution in [0.3, 0.4) is 0 Å². The Morgan fingerprint density at radius 2 is 1.62 bits per heavy atom. The van der Waals surface area contributed by atoms with E-state index < -0.39 is 28.9 Å². The van der Waals surface area contributed by atoms with Crippen LogP contribution in [0.5, 0.6) is 0 Å². The van der Waals surface area contributed by atoms with Crippen LogP contribution in [-0.2, 0) is 25.7 Å². The number of aliphatic hydroxyl groups excluding tert-OH is 1. The van der Waals surface area contributed by atoms with Crippen molar-refractivity contribution >= 4 is 40.9 Å². The number of carboxylic acids is 1. The Kier molecular flexibility index (Phi) is 12.6. The smallest absolute Gasteiger partial charge is 0.309 e. The van der Waals surface area contributed by atoms with Gasteiger partial charge in [-0.05, 0) is 142 Å². The summed E-state index contributed by atoms with van der Waals surface area (Å²) in [6, 6.07) is 5.62. The number of aliphatic hydroxyl groups is 1. The molecule has 0 aliphatic heterocycles. The molecule has 4 saturated carbocycles. The average molecular weight is 844 g/mol. The summed E-state index contributed by atoms with van der Waals surface area (Å²) in [6.07, 6.45) is 6.92. The molecule has 6 rings (SSSR count). The Morgan fingerprint density at radius 1 is 0.931 bits per heavy atom. The summed E-state index contributed by atoms with van der Waals surface area (Å²) in [5, 5.41) is 23.6. The van der Waals surface area contributed by atoms with Crippen LogP contribution in [0.15, 0.2) is 29.3 Å². The van der Waals surface area contributed by atoms with Gasteiger partial charge in [-0.2, -0.15) is 0 Å². The maximum absolute atomic E-state index is 14.3. The van der Waals surface area contributed by atoms with E-state index in [1.165, 1.54) is 5.57 Å². The van der Waals surface area contributed by atoms with Crippen molar-refractivity contribution in [2.24, 2.45) is 56.2 Å². The number of Topliss-reactive ketones (excluding diaryl/α,β-unsaturated/α-hetero) is 1. The second kappa shape index (κ2) is 16.1. The van der Waals surface area contributed by atoms with Crippen LogP contribution in [0.25, 0.3) is 0 Å². The van der Waals surface area contributed by atoms with Crippen molar-refractivity contribution in [2.75, 3.05) is 33.7 Å². The largest absolute Gasteiger partial charge is 0.481 e. The fourth-order valence-electron chi connectivity index (χ4n) is 13.8. The van der Waals surface area contributed by atoms with Crippen LogP contribution in [0, 0.1) is 56.2 Å². The first kappa shape index (κ1) is 45.6. The van der Waals surface area contributed by atoms with Crippen LogP contribution in [0.4, 0.5) is 0 Å². The molecule has 8 nitrogen and oxygen atoms in total. The van der Waals surface area contributed by atoms with Gasteiger partial charge in [-0.15, -0.1) is 0 Å². The minimum absolute atomic E-state index is 0.0210. The summed E-state index contributed by atoms with van der Waals surface area (Å²) in [5.74, 6) is -0.0958. The lowest BCUT2D eigenvalue weighted by Gasteiger charge is -2.72. The van der Waals surface area contributed by atoms with Gasteiger partial charge in [0.05, 0.1) is 17.9 Å². The zero-order chi connectivity index (χ0) is 43.0. The highest BCUT2D eigenvalue weighted by molar-refractivity contribution is 6.35. The Morgan fingerprint density at radius 3 is 2.24 bits per heavy atom. The number of halogens is 2. The Bertz CT molecular complexity index is 1810. The highest BCUT2D eigenvalue weighted by Crippen LogP contribution is 2.77. The van der Waals surface area contributed by atoms with Gasteiger partial charge in [-0.3, -0.25) is 19.3 Å². The molecule has 10 heteroatoms. The van der Waals surface area contributed by atoms with E-state index in [-0.39, 0.29) is 51.8 Å². The van der Waals surface area contributed by atoms with Crippen LogP contribution < -0.4 is 0 Å². The molecule has 0 heterocycles. The van der Waals surface area contributed by atoms with Crippen molar-refractivity contribution in [3.8, 4) is 0 Å². The highest BCUT2D eigenvalue weighted by atomic mass is 35.5. The lowest BCUT2D eigenvalue weighted by Crippen LogP contribution is -2.66. The second-order valence-corrected chi connectivity index (χ2v) is 22.7. The number of esters is 1. The molecule has 0 spiro atoms. The first-order valence-electron chi connectivity index (χ1n) is 22.0. The molecular weight excluding hydrogens is 771 g/mol. The topological polar surface area (TPSA) is 107 Å². The number of carbonyl (C=O) groups is 3. The zero-order valence-electron chi connectivity index (χ0n) is 37.3. The number of hydrogen-bond acceptors (Lipinski definition) is 7. The number of benzene rings is 1. The summed E-state index contributed by atoms with van der Waals surface area (Å²) in [6.45, 7) is 22.3. The van der Waals surface area contributed by atoms with Gasteiger partial charge < -0.3 is 19.8 Å². The van der Waals surface area contributed by atoms with Crippen LogP contribution >= 0.6 is 23.2 Å². The normalized spacial score (nSPS) is 35.1. The molecule has 5 aliphatic carbocycles. The molecule has 324 valence electrons. The Labute approximate surface area is 358 Å². The number of aliphatic carboxylic acids is 1. The van der Waals surface area contributed by atoms with E-state index in [4.69, 9.17) is 27.9 Å². The summed E-state index contributed by atoms with van der Waals surface area (Å²) < 4.78 is 6.19. The molecule has 1 aromatic rings. The van der Waals surface area contributed by atoms with Gasteiger partial charge >= 0.3 is 11.9 Å². The first-order chi connectivity index (χ1) is 26.8. The third-order valence-corrected chi connectivity index (χ3v) is 17.8. The van der Waals surface area contributed by atoms with Gasteiger partial charge in [0.1, 0.15) is 6.10 Å². The molecule has 4 fully saturated rings. The number of ketones is 1. The van der Waals surface area contributed by atoms with Gasteiger partial charge in [0.2, 0.25) is 0 Å². The third kappa shape index (κ3) is 7.64. The minimum atomic E-state index is -1.18. The third-order valence-electron chi connectivity index (χ3n) is 17.2. The number of nitrogens with zero attached hydrogens (tertiary/aromatic N) is 2. The van der Waals surface area contributed by atoms with E-state index in [0.29, 0.717) is 41.4 Å². The van der Waals surface area contributed by atoms with Crippen molar-refractivity contribution < 1.29 is 29.3 Å². The average Bonchev–Trinajstić information content (AvgIpc) is 3.43. The molecule has 0 radical (unpaired) electrons. The lowest BCUT2D eigenvalue weighted by molar-refractivity contribution is -0.235. The number of fused-ring (bicyclic) bond motifs is 7. The molecule has 0 amide bonds. The number of likely N-dealkylation sites (N-methyl/N-ethyl adjacent to an activating group) is 1. The summed E-state index contributed by atoms with van der Waals surface area (Å²) in [4.78, 5) is 43.8. The second-order valence-electron chi connectivity index (χ2n) is 21.8. The molecule has 58 heavy (non-hydrogen) atoms. The highest BCUT2D eigenvalue weighted by Gasteiger charge is 2.71. The van der Waals surface area contributed by atoms with E-state index in [1.807, 2.05) is 12.1 Å². The number of carbonyl (C=O) groups excluding carboxylic acids is 2.